The van der Waals surface area contributed by atoms with Crippen LogP contribution in [0, 0.1) is 5.82 Å². The first-order chi connectivity index (χ1) is 15.9. The van der Waals surface area contributed by atoms with E-state index in [4.69, 9.17) is 9.47 Å². The van der Waals surface area contributed by atoms with Crippen molar-refractivity contribution >= 4 is 23.3 Å². The highest BCUT2D eigenvalue weighted by Crippen LogP contribution is 2.34. The lowest BCUT2D eigenvalue weighted by molar-refractivity contribution is -0.135. The summed E-state index contributed by atoms with van der Waals surface area (Å²) in [5, 5.41) is 4.88. The molecule has 0 aliphatic carbocycles. The highest BCUT2D eigenvalue weighted by Gasteiger charge is 2.33. The number of urea groups is 1. The second kappa shape index (κ2) is 12.0. The van der Waals surface area contributed by atoms with Crippen LogP contribution >= 0.6 is 11.3 Å². The molecule has 0 radical (unpaired) electrons. The second-order valence-corrected chi connectivity index (χ2v) is 9.29. The molecule has 0 fully saturated rings. The van der Waals surface area contributed by atoms with Crippen LogP contribution in [0.15, 0.2) is 35.7 Å². The Kier molecular flexibility index (Phi) is 9.08. The van der Waals surface area contributed by atoms with Gasteiger partial charge in [0.25, 0.3) is 0 Å². The Labute approximate surface area is 198 Å². The van der Waals surface area contributed by atoms with Gasteiger partial charge in [-0.15, -0.1) is 11.3 Å². The van der Waals surface area contributed by atoms with Gasteiger partial charge in [0.15, 0.2) is 0 Å². The summed E-state index contributed by atoms with van der Waals surface area (Å²) in [5.74, 6) is -0.0959. The van der Waals surface area contributed by atoms with Gasteiger partial charge in [-0.2, -0.15) is 0 Å². The number of hydrogen-bond donors (Lipinski definition) is 1. The zero-order valence-corrected chi connectivity index (χ0v) is 20.2. The zero-order valence-electron chi connectivity index (χ0n) is 19.4. The molecular weight excluding hydrogens is 445 g/mol. The van der Waals surface area contributed by atoms with Crippen LogP contribution < -0.4 is 10.1 Å². The molecule has 33 heavy (non-hydrogen) atoms. The predicted molar refractivity (Wildman–Crippen MR) is 126 cm³/mol. The van der Waals surface area contributed by atoms with Crippen LogP contribution in [-0.4, -0.2) is 67.7 Å². The summed E-state index contributed by atoms with van der Waals surface area (Å²) in [7, 11) is 1.61. The first kappa shape index (κ1) is 25.0. The Morgan fingerprint density at radius 3 is 2.88 bits per heavy atom. The third-order valence-corrected chi connectivity index (χ3v) is 6.42. The zero-order chi connectivity index (χ0) is 23.8. The monoisotopic (exact) mass is 477 g/mol. The molecule has 0 saturated carbocycles. The van der Waals surface area contributed by atoms with Crippen LogP contribution in [-0.2, 0) is 16.0 Å². The van der Waals surface area contributed by atoms with Gasteiger partial charge in [0, 0.05) is 43.8 Å². The second-order valence-electron chi connectivity index (χ2n) is 8.29. The summed E-state index contributed by atoms with van der Waals surface area (Å²) in [6, 6.07) is 7.39. The fourth-order valence-electron chi connectivity index (χ4n) is 3.85. The van der Waals surface area contributed by atoms with Gasteiger partial charge in [-0.1, -0.05) is 6.07 Å². The average Bonchev–Trinajstić information content (AvgIpc) is 3.25. The minimum atomic E-state index is -0.372. The summed E-state index contributed by atoms with van der Waals surface area (Å²) in [6.45, 7) is 5.41. The molecule has 0 bridgehead atoms. The van der Waals surface area contributed by atoms with Crippen LogP contribution in [0.5, 0.6) is 5.75 Å². The molecular formula is C24H32FN3O4S. The molecule has 1 N–H and O–H groups in total. The van der Waals surface area contributed by atoms with Gasteiger partial charge in [-0.3, -0.25) is 4.79 Å². The summed E-state index contributed by atoms with van der Waals surface area (Å²) in [5.41, 5.74) is 1.05. The number of carbonyl (C=O) groups is 2. The van der Waals surface area contributed by atoms with Gasteiger partial charge >= 0.3 is 6.03 Å². The van der Waals surface area contributed by atoms with E-state index in [9.17, 15) is 14.0 Å². The first-order valence-electron chi connectivity index (χ1n) is 11.2. The Morgan fingerprint density at radius 1 is 1.33 bits per heavy atom. The number of thiophene rings is 1. The van der Waals surface area contributed by atoms with Crippen molar-refractivity contribution in [1.82, 2.24) is 15.1 Å². The van der Waals surface area contributed by atoms with E-state index in [0.717, 1.165) is 12.0 Å². The summed E-state index contributed by atoms with van der Waals surface area (Å²) < 4.78 is 24.6. The molecule has 2 aromatic rings. The minimum Gasteiger partial charge on any atom is -0.491 e. The van der Waals surface area contributed by atoms with Crippen molar-refractivity contribution in [3.8, 4) is 5.75 Å². The molecule has 7 nitrogen and oxygen atoms in total. The molecule has 1 aliphatic heterocycles. The van der Waals surface area contributed by atoms with E-state index in [2.05, 4.69) is 5.32 Å². The summed E-state index contributed by atoms with van der Waals surface area (Å²) in [6.07, 6.45) is 1.40. The van der Waals surface area contributed by atoms with Gasteiger partial charge in [-0.25, -0.2) is 9.18 Å². The van der Waals surface area contributed by atoms with E-state index < -0.39 is 0 Å². The fourth-order valence-corrected chi connectivity index (χ4v) is 4.78. The molecule has 1 aromatic heterocycles. The molecule has 1 aromatic carbocycles. The standard InChI is InChI=1S/C24H32FN3O4S/c1-17(2)26-24(30)27(10-5-12-31-3)15-23(29)28-11-8-22-20(9-13-33-22)21(28)16-32-19-7-4-6-18(25)14-19/h4,6-7,9,13-14,17,21H,5,8,10-12,15-16H2,1-3H3,(H,26,30). The van der Waals surface area contributed by atoms with E-state index in [1.807, 2.05) is 25.3 Å². The van der Waals surface area contributed by atoms with Gasteiger partial charge in [0.05, 0.1) is 6.04 Å². The van der Waals surface area contributed by atoms with E-state index in [1.165, 1.54) is 21.9 Å². The van der Waals surface area contributed by atoms with E-state index in [0.29, 0.717) is 31.9 Å². The largest absolute Gasteiger partial charge is 0.491 e. The van der Waals surface area contributed by atoms with Gasteiger partial charge in [-0.05, 0) is 55.8 Å². The van der Waals surface area contributed by atoms with Crippen molar-refractivity contribution < 1.29 is 23.5 Å². The number of ether oxygens (including phenoxy) is 2. The van der Waals surface area contributed by atoms with Crippen molar-refractivity contribution in [2.75, 3.05) is 40.0 Å². The van der Waals surface area contributed by atoms with Crippen LogP contribution in [0.4, 0.5) is 9.18 Å². The highest BCUT2D eigenvalue weighted by molar-refractivity contribution is 7.10. The quantitative estimate of drug-likeness (QED) is 0.528. The average molecular weight is 478 g/mol. The van der Waals surface area contributed by atoms with Crippen molar-refractivity contribution in [3.63, 3.8) is 0 Å². The number of nitrogens with zero attached hydrogens (tertiary/aromatic N) is 2. The Morgan fingerprint density at radius 2 is 2.15 bits per heavy atom. The lowest BCUT2D eigenvalue weighted by atomic mass is 10.0. The number of halogens is 1. The fraction of sp³-hybridized carbons (Fsp3) is 0.500. The molecule has 0 spiro atoms. The van der Waals surface area contributed by atoms with Crippen molar-refractivity contribution in [2.45, 2.75) is 38.8 Å². The van der Waals surface area contributed by atoms with Gasteiger partial charge in [0.1, 0.15) is 24.7 Å². The molecule has 9 heteroatoms. The van der Waals surface area contributed by atoms with Crippen LogP contribution in [0.3, 0.4) is 0 Å². The van der Waals surface area contributed by atoms with E-state index in [1.54, 1.807) is 35.5 Å². The number of fused-ring (bicyclic) bond motifs is 1. The molecule has 1 unspecified atom stereocenters. The smallest absolute Gasteiger partial charge is 0.318 e. The maximum Gasteiger partial charge on any atom is 0.318 e. The maximum absolute atomic E-state index is 13.6. The van der Waals surface area contributed by atoms with Gasteiger partial charge < -0.3 is 24.6 Å². The predicted octanol–water partition coefficient (Wildman–Crippen LogP) is 3.85. The third kappa shape index (κ3) is 6.91. The SMILES string of the molecule is COCCCN(CC(=O)N1CCc2sccc2C1COc1cccc(F)c1)C(=O)NC(C)C. The normalized spacial score (nSPS) is 15.3. The Balaban J connectivity index is 1.74. The number of benzene rings is 1. The number of amides is 3. The number of carbonyl (C=O) groups excluding carboxylic acids is 2. The molecule has 0 saturated heterocycles. The lowest BCUT2D eigenvalue weighted by Gasteiger charge is -2.37. The highest BCUT2D eigenvalue weighted by atomic mass is 32.1. The third-order valence-electron chi connectivity index (χ3n) is 5.42. The molecule has 3 amide bonds. The lowest BCUT2D eigenvalue weighted by Crippen LogP contribution is -2.51. The van der Waals surface area contributed by atoms with Crippen molar-refractivity contribution in [2.24, 2.45) is 0 Å². The molecule has 2 heterocycles. The van der Waals surface area contributed by atoms with Gasteiger partial charge in [0.2, 0.25) is 5.91 Å². The molecule has 1 aliphatic rings. The van der Waals surface area contributed by atoms with Crippen LogP contribution in [0.1, 0.15) is 36.8 Å². The summed E-state index contributed by atoms with van der Waals surface area (Å²) >= 11 is 1.66. The number of rotatable bonds is 10. The Bertz CT molecular complexity index is 936. The molecule has 1 atom stereocenters. The topological polar surface area (TPSA) is 71.1 Å². The number of methoxy groups -OCH3 is 1. The first-order valence-corrected chi connectivity index (χ1v) is 12.1. The molecule has 180 valence electrons. The summed E-state index contributed by atoms with van der Waals surface area (Å²) in [4.78, 5) is 30.6. The van der Waals surface area contributed by atoms with Crippen LogP contribution in [0.2, 0.25) is 0 Å². The van der Waals surface area contributed by atoms with E-state index in [-0.39, 0.29) is 43.0 Å². The van der Waals surface area contributed by atoms with Crippen molar-refractivity contribution in [1.29, 1.82) is 0 Å². The van der Waals surface area contributed by atoms with E-state index >= 15 is 0 Å². The van der Waals surface area contributed by atoms with Crippen LogP contribution in [0.25, 0.3) is 0 Å². The van der Waals surface area contributed by atoms with Crippen molar-refractivity contribution in [3.05, 3.63) is 52.0 Å². The molecule has 3 rings (SSSR count). The Hall–Kier alpha value is -2.65. The number of hydrogen-bond acceptors (Lipinski definition) is 5. The minimum absolute atomic E-state index is 0.0296. The maximum atomic E-state index is 13.6. The number of nitrogens with one attached hydrogen (secondary N) is 1.